The highest BCUT2D eigenvalue weighted by atomic mass is 16.5. The lowest BCUT2D eigenvalue weighted by atomic mass is 9.81. The van der Waals surface area contributed by atoms with E-state index in [1.807, 2.05) is 68.4 Å². The Morgan fingerprint density at radius 1 is 1.05 bits per heavy atom. The number of benzene rings is 2. The summed E-state index contributed by atoms with van der Waals surface area (Å²) < 4.78 is 5.79. The molecule has 19 heavy (non-hydrogen) atoms. The standard InChI is InChI=1S/C17H17NO/c1-3-17(2,13-18)14-8-7-11-16(12-14)19-15-9-5-4-6-10-15/h4-12H,3H2,1-2H3/t17-/m1/s1. The van der Waals surface area contributed by atoms with Gasteiger partial charge in [-0.2, -0.15) is 5.26 Å². The Kier molecular flexibility index (Phi) is 3.87. The summed E-state index contributed by atoms with van der Waals surface area (Å²) >= 11 is 0. The first-order valence-electron chi connectivity index (χ1n) is 6.42. The van der Waals surface area contributed by atoms with Gasteiger partial charge in [0.05, 0.1) is 11.5 Å². The number of nitriles is 1. The van der Waals surface area contributed by atoms with Crippen LogP contribution in [0.15, 0.2) is 54.6 Å². The van der Waals surface area contributed by atoms with Crippen molar-refractivity contribution in [2.24, 2.45) is 0 Å². The highest BCUT2D eigenvalue weighted by Crippen LogP contribution is 2.30. The Labute approximate surface area is 114 Å². The molecule has 0 heterocycles. The average molecular weight is 251 g/mol. The van der Waals surface area contributed by atoms with Gasteiger partial charge in [-0.3, -0.25) is 0 Å². The molecule has 2 aromatic rings. The maximum absolute atomic E-state index is 9.33. The van der Waals surface area contributed by atoms with Gasteiger partial charge in [-0.05, 0) is 43.2 Å². The van der Waals surface area contributed by atoms with Crippen molar-refractivity contribution in [2.75, 3.05) is 0 Å². The Morgan fingerprint density at radius 2 is 1.74 bits per heavy atom. The van der Waals surface area contributed by atoms with E-state index in [9.17, 15) is 5.26 Å². The van der Waals surface area contributed by atoms with Crippen molar-refractivity contribution in [1.29, 1.82) is 5.26 Å². The minimum absolute atomic E-state index is 0.462. The molecule has 2 aromatic carbocycles. The van der Waals surface area contributed by atoms with Crippen LogP contribution in [0.25, 0.3) is 0 Å². The molecule has 0 N–H and O–H groups in total. The Hall–Kier alpha value is -2.27. The monoisotopic (exact) mass is 251 g/mol. The van der Waals surface area contributed by atoms with Gasteiger partial charge in [-0.25, -0.2) is 0 Å². The predicted octanol–water partition coefficient (Wildman–Crippen LogP) is 4.67. The van der Waals surface area contributed by atoms with Gasteiger partial charge in [-0.1, -0.05) is 37.3 Å². The molecule has 0 bridgehead atoms. The summed E-state index contributed by atoms with van der Waals surface area (Å²) in [5, 5.41) is 9.33. The van der Waals surface area contributed by atoms with E-state index >= 15 is 0 Å². The summed E-state index contributed by atoms with van der Waals surface area (Å²) in [7, 11) is 0. The van der Waals surface area contributed by atoms with Gasteiger partial charge in [0.15, 0.2) is 0 Å². The minimum atomic E-state index is -0.462. The second-order valence-corrected chi connectivity index (χ2v) is 4.74. The van der Waals surface area contributed by atoms with Crippen LogP contribution < -0.4 is 4.74 Å². The van der Waals surface area contributed by atoms with Crippen LogP contribution in [0.5, 0.6) is 11.5 Å². The molecule has 0 spiro atoms. The van der Waals surface area contributed by atoms with Crippen molar-refractivity contribution in [2.45, 2.75) is 25.7 Å². The molecule has 0 saturated carbocycles. The van der Waals surface area contributed by atoms with Crippen LogP contribution in [-0.4, -0.2) is 0 Å². The topological polar surface area (TPSA) is 33.0 Å². The van der Waals surface area contributed by atoms with Crippen LogP contribution in [0.1, 0.15) is 25.8 Å². The van der Waals surface area contributed by atoms with Gasteiger partial charge in [0.1, 0.15) is 11.5 Å². The molecule has 96 valence electrons. The Balaban J connectivity index is 2.28. The zero-order chi connectivity index (χ0) is 13.7. The quantitative estimate of drug-likeness (QED) is 0.791. The zero-order valence-corrected chi connectivity index (χ0v) is 11.3. The summed E-state index contributed by atoms with van der Waals surface area (Å²) in [5.74, 6) is 1.56. The molecule has 2 nitrogen and oxygen atoms in total. The van der Waals surface area contributed by atoms with E-state index < -0.39 is 5.41 Å². The number of rotatable bonds is 4. The van der Waals surface area contributed by atoms with Crippen LogP contribution in [0.3, 0.4) is 0 Å². The zero-order valence-electron chi connectivity index (χ0n) is 11.3. The summed E-state index contributed by atoms with van der Waals surface area (Å²) in [6.45, 7) is 3.97. The van der Waals surface area contributed by atoms with Crippen molar-refractivity contribution in [1.82, 2.24) is 0 Å². The first-order valence-corrected chi connectivity index (χ1v) is 6.42. The second kappa shape index (κ2) is 5.58. The fraction of sp³-hybridized carbons (Fsp3) is 0.235. The van der Waals surface area contributed by atoms with Crippen molar-refractivity contribution < 1.29 is 4.74 Å². The lowest BCUT2D eigenvalue weighted by molar-refractivity contribution is 0.479. The first kappa shape index (κ1) is 13.2. The number of hydrogen-bond donors (Lipinski definition) is 0. The molecule has 0 amide bonds. The van der Waals surface area contributed by atoms with Crippen molar-refractivity contribution in [3.05, 3.63) is 60.2 Å². The van der Waals surface area contributed by atoms with Gasteiger partial charge in [-0.15, -0.1) is 0 Å². The second-order valence-electron chi connectivity index (χ2n) is 4.74. The fourth-order valence-electron chi connectivity index (χ4n) is 1.88. The third kappa shape index (κ3) is 2.95. The van der Waals surface area contributed by atoms with Crippen molar-refractivity contribution >= 4 is 0 Å². The molecular formula is C17H17NO. The molecule has 0 saturated heterocycles. The maximum Gasteiger partial charge on any atom is 0.127 e. The van der Waals surface area contributed by atoms with Gasteiger partial charge in [0.2, 0.25) is 0 Å². The molecule has 0 unspecified atom stereocenters. The maximum atomic E-state index is 9.33. The van der Waals surface area contributed by atoms with E-state index in [0.29, 0.717) is 0 Å². The molecule has 0 aromatic heterocycles. The van der Waals surface area contributed by atoms with E-state index in [1.165, 1.54) is 0 Å². The predicted molar refractivity (Wildman–Crippen MR) is 76.2 cm³/mol. The first-order chi connectivity index (χ1) is 9.18. The minimum Gasteiger partial charge on any atom is -0.457 e. The van der Waals surface area contributed by atoms with Crippen molar-refractivity contribution in [3.63, 3.8) is 0 Å². The normalized spacial score (nSPS) is 13.3. The van der Waals surface area contributed by atoms with Crippen LogP contribution in [-0.2, 0) is 5.41 Å². The number of ether oxygens (including phenoxy) is 1. The number of nitrogens with zero attached hydrogens (tertiary/aromatic N) is 1. The van der Waals surface area contributed by atoms with Gasteiger partial charge in [0, 0.05) is 0 Å². The SMILES string of the molecule is CC[C@](C)(C#N)c1cccc(Oc2ccccc2)c1. The fourth-order valence-corrected chi connectivity index (χ4v) is 1.88. The van der Waals surface area contributed by atoms with Crippen molar-refractivity contribution in [3.8, 4) is 17.6 Å². The lowest BCUT2D eigenvalue weighted by Crippen LogP contribution is -2.17. The highest BCUT2D eigenvalue weighted by molar-refractivity contribution is 5.39. The Morgan fingerprint density at radius 3 is 2.37 bits per heavy atom. The summed E-state index contributed by atoms with van der Waals surface area (Å²) in [6.07, 6.45) is 0.776. The molecule has 0 aliphatic carbocycles. The Bertz CT molecular complexity index is 586. The van der Waals surface area contributed by atoms with E-state index in [0.717, 1.165) is 23.5 Å². The van der Waals surface area contributed by atoms with Gasteiger partial charge in [0.25, 0.3) is 0 Å². The number of hydrogen-bond acceptors (Lipinski definition) is 2. The average Bonchev–Trinajstić information content (AvgIpc) is 2.48. The lowest BCUT2D eigenvalue weighted by Gasteiger charge is -2.20. The van der Waals surface area contributed by atoms with Gasteiger partial charge >= 0.3 is 0 Å². The van der Waals surface area contributed by atoms with E-state index in [2.05, 4.69) is 6.07 Å². The van der Waals surface area contributed by atoms with Crippen LogP contribution >= 0.6 is 0 Å². The third-order valence-electron chi connectivity index (χ3n) is 3.40. The van der Waals surface area contributed by atoms with Crippen LogP contribution in [0.4, 0.5) is 0 Å². The van der Waals surface area contributed by atoms with E-state index in [1.54, 1.807) is 0 Å². The van der Waals surface area contributed by atoms with Crippen LogP contribution in [0, 0.1) is 11.3 Å². The highest BCUT2D eigenvalue weighted by Gasteiger charge is 2.24. The molecule has 0 aliphatic rings. The molecule has 0 radical (unpaired) electrons. The molecule has 0 aliphatic heterocycles. The third-order valence-corrected chi connectivity index (χ3v) is 3.40. The van der Waals surface area contributed by atoms with Gasteiger partial charge < -0.3 is 4.74 Å². The molecule has 2 rings (SSSR count). The van der Waals surface area contributed by atoms with E-state index in [4.69, 9.17) is 4.74 Å². The smallest absolute Gasteiger partial charge is 0.127 e. The molecule has 2 heteroatoms. The van der Waals surface area contributed by atoms with Crippen LogP contribution in [0.2, 0.25) is 0 Å². The van der Waals surface area contributed by atoms with E-state index in [-0.39, 0.29) is 0 Å². The number of para-hydroxylation sites is 1. The molecule has 1 atom stereocenters. The largest absolute Gasteiger partial charge is 0.457 e. The molecular weight excluding hydrogens is 234 g/mol. The summed E-state index contributed by atoms with van der Waals surface area (Å²) in [4.78, 5) is 0. The summed E-state index contributed by atoms with van der Waals surface area (Å²) in [5.41, 5.74) is 0.529. The summed E-state index contributed by atoms with van der Waals surface area (Å²) in [6, 6.07) is 19.8. The molecule has 0 fully saturated rings.